The van der Waals surface area contributed by atoms with E-state index in [1.54, 1.807) is 24.4 Å². The third kappa shape index (κ3) is 3.32. The largest absolute Gasteiger partial charge is 0.318 e. The number of para-hydroxylation sites is 1. The molecule has 0 unspecified atom stereocenters. The maximum atomic E-state index is 12.8. The summed E-state index contributed by atoms with van der Waals surface area (Å²) in [5, 5.41) is 5.78. The Morgan fingerprint density at radius 2 is 1.57 bits per heavy atom. The summed E-state index contributed by atoms with van der Waals surface area (Å²) in [6.45, 7) is 0. The van der Waals surface area contributed by atoms with Crippen molar-refractivity contribution in [1.82, 2.24) is 4.98 Å². The molecule has 0 bridgehead atoms. The number of halogens is 1. The SMILES string of the molecule is O=C(Nc1ccc(F)cc1)C(=O)Nc1cccc2cccnc12. The van der Waals surface area contributed by atoms with E-state index in [0.717, 1.165) is 5.39 Å². The van der Waals surface area contributed by atoms with E-state index >= 15 is 0 Å². The van der Waals surface area contributed by atoms with Gasteiger partial charge < -0.3 is 10.6 Å². The molecule has 2 amide bonds. The Hall–Kier alpha value is -3.28. The third-order valence-corrected chi connectivity index (χ3v) is 3.19. The molecule has 0 radical (unpaired) electrons. The molecule has 0 aliphatic heterocycles. The highest BCUT2D eigenvalue weighted by atomic mass is 19.1. The van der Waals surface area contributed by atoms with Crippen LogP contribution in [0.4, 0.5) is 15.8 Å². The molecule has 1 aromatic heterocycles. The van der Waals surface area contributed by atoms with Gasteiger partial charge in [-0.2, -0.15) is 0 Å². The molecule has 3 rings (SSSR count). The normalized spacial score (nSPS) is 10.3. The Bertz CT molecular complexity index is 873. The number of hydrogen-bond donors (Lipinski definition) is 2. The zero-order valence-corrected chi connectivity index (χ0v) is 11.9. The van der Waals surface area contributed by atoms with E-state index in [1.807, 2.05) is 12.1 Å². The predicted molar refractivity (Wildman–Crippen MR) is 85.4 cm³/mol. The second-order valence-electron chi connectivity index (χ2n) is 4.80. The summed E-state index contributed by atoms with van der Waals surface area (Å²) >= 11 is 0. The quantitative estimate of drug-likeness (QED) is 0.715. The van der Waals surface area contributed by atoms with Crippen LogP contribution in [0.5, 0.6) is 0 Å². The fraction of sp³-hybridized carbons (Fsp3) is 0. The van der Waals surface area contributed by atoms with E-state index in [0.29, 0.717) is 16.9 Å². The van der Waals surface area contributed by atoms with Crippen LogP contribution >= 0.6 is 0 Å². The number of anilines is 2. The maximum absolute atomic E-state index is 12.8. The van der Waals surface area contributed by atoms with Gasteiger partial charge in [0.25, 0.3) is 0 Å². The molecule has 5 nitrogen and oxygen atoms in total. The van der Waals surface area contributed by atoms with Crippen LogP contribution in [-0.4, -0.2) is 16.8 Å². The first-order valence-corrected chi connectivity index (χ1v) is 6.85. The van der Waals surface area contributed by atoms with Gasteiger partial charge in [-0.15, -0.1) is 0 Å². The molecule has 1 heterocycles. The van der Waals surface area contributed by atoms with Crippen LogP contribution in [0.25, 0.3) is 10.9 Å². The molecule has 0 aliphatic rings. The molecule has 2 aromatic carbocycles. The van der Waals surface area contributed by atoms with Crippen LogP contribution < -0.4 is 10.6 Å². The Balaban J connectivity index is 1.75. The van der Waals surface area contributed by atoms with Crippen LogP contribution in [0.3, 0.4) is 0 Å². The van der Waals surface area contributed by atoms with Gasteiger partial charge in [-0.25, -0.2) is 4.39 Å². The Kier molecular flexibility index (Phi) is 3.97. The number of nitrogens with one attached hydrogen (secondary N) is 2. The lowest BCUT2D eigenvalue weighted by Gasteiger charge is -2.08. The van der Waals surface area contributed by atoms with Crippen molar-refractivity contribution in [3.8, 4) is 0 Å². The van der Waals surface area contributed by atoms with Crippen molar-refractivity contribution in [2.45, 2.75) is 0 Å². The van der Waals surface area contributed by atoms with Crippen LogP contribution in [-0.2, 0) is 9.59 Å². The van der Waals surface area contributed by atoms with E-state index in [9.17, 15) is 14.0 Å². The lowest BCUT2D eigenvalue weighted by atomic mass is 10.2. The van der Waals surface area contributed by atoms with Crippen LogP contribution in [0.2, 0.25) is 0 Å². The first kappa shape index (κ1) is 14.6. The van der Waals surface area contributed by atoms with Crippen LogP contribution in [0.1, 0.15) is 0 Å². The Morgan fingerprint density at radius 1 is 0.870 bits per heavy atom. The molecule has 6 heteroatoms. The highest BCUT2D eigenvalue weighted by Gasteiger charge is 2.15. The van der Waals surface area contributed by atoms with Gasteiger partial charge in [0.2, 0.25) is 0 Å². The molecule has 0 fully saturated rings. The predicted octanol–water partition coefficient (Wildman–Crippen LogP) is 2.95. The Morgan fingerprint density at radius 3 is 2.35 bits per heavy atom. The zero-order chi connectivity index (χ0) is 16.2. The summed E-state index contributed by atoms with van der Waals surface area (Å²) in [6.07, 6.45) is 1.61. The van der Waals surface area contributed by atoms with E-state index in [2.05, 4.69) is 15.6 Å². The second kappa shape index (κ2) is 6.23. The number of hydrogen-bond acceptors (Lipinski definition) is 3. The average Bonchev–Trinajstić information content (AvgIpc) is 2.57. The standard InChI is InChI=1S/C17H12FN3O2/c18-12-6-8-13(9-7-12)20-16(22)17(23)21-14-5-1-3-11-4-2-10-19-15(11)14/h1-10H,(H,20,22)(H,21,23). The lowest BCUT2D eigenvalue weighted by molar-refractivity contribution is -0.132. The molecule has 0 aliphatic carbocycles. The van der Waals surface area contributed by atoms with E-state index in [-0.39, 0.29) is 0 Å². The van der Waals surface area contributed by atoms with Crippen molar-refractivity contribution in [3.05, 3.63) is 66.6 Å². The summed E-state index contributed by atoms with van der Waals surface area (Å²) in [5.74, 6) is -2.09. The number of aromatic nitrogens is 1. The monoisotopic (exact) mass is 309 g/mol. The van der Waals surface area contributed by atoms with Crippen molar-refractivity contribution >= 4 is 34.1 Å². The summed E-state index contributed by atoms with van der Waals surface area (Å²) < 4.78 is 12.8. The number of fused-ring (bicyclic) bond motifs is 1. The molecule has 114 valence electrons. The van der Waals surface area contributed by atoms with Gasteiger partial charge in [0.1, 0.15) is 5.82 Å². The van der Waals surface area contributed by atoms with Crippen molar-refractivity contribution in [1.29, 1.82) is 0 Å². The van der Waals surface area contributed by atoms with Crippen LogP contribution in [0, 0.1) is 5.82 Å². The van der Waals surface area contributed by atoms with Crippen molar-refractivity contribution in [2.75, 3.05) is 10.6 Å². The van der Waals surface area contributed by atoms with Crippen molar-refractivity contribution < 1.29 is 14.0 Å². The smallest absolute Gasteiger partial charge is 0.314 e. The first-order valence-electron chi connectivity index (χ1n) is 6.85. The molecule has 2 N–H and O–H groups in total. The highest BCUT2D eigenvalue weighted by Crippen LogP contribution is 2.20. The first-order chi connectivity index (χ1) is 11.1. The minimum absolute atomic E-state index is 0.336. The number of benzene rings is 2. The molecule has 23 heavy (non-hydrogen) atoms. The molecule has 3 aromatic rings. The molecule has 0 saturated heterocycles. The fourth-order valence-corrected chi connectivity index (χ4v) is 2.11. The van der Waals surface area contributed by atoms with Gasteiger partial charge in [-0.3, -0.25) is 14.6 Å². The van der Waals surface area contributed by atoms with Gasteiger partial charge in [0, 0.05) is 17.3 Å². The molecule has 0 saturated carbocycles. The number of carbonyl (C=O) groups excluding carboxylic acids is 2. The second-order valence-corrected chi connectivity index (χ2v) is 4.80. The topological polar surface area (TPSA) is 71.1 Å². The summed E-state index contributed by atoms with van der Waals surface area (Å²) in [5.41, 5.74) is 1.38. The van der Waals surface area contributed by atoms with Crippen LogP contribution in [0.15, 0.2) is 60.8 Å². The molecule has 0 spiro atoms. The third-order valence-electron chi connectivity index (χ3n) is 3.19. The van der Waals surface area contributed by atoms with E-state index in [1.165, 1.54) is 24.3 Å². The minimum Gasteiger partial charge on any atom is -0.318 e. The molecular formula is C17H12FN3O2. The fourth-order valence-electron chi connectivity index (χ4n) is 2.11. The summed E-state index contributed by atoms with van der Waals surface area (Å²) in [4.78, 5) is 28.1. The summed E-state index contributed by atoms with van der Waals surface area (Å²) in [7, 11) is 0. The molecule has 0 atom stereocenters. The van der Waals surface area contributed by atoms with Crippen molar-refractivity contribution in [3.63, 3.8) is 0 Å². The summed E-state index contributed by atoms with van der Waals surface area (Å²) in [6, 6.07) is 14.1. The number of rotatable bonds is 2. The number of pyridine rings is 1. The average molecular weight is 309 g/mol. The number of amides is 2. The minimum atomic E-state index is -0.843. The van der Waals surface area contributed by atoms with Gasteiger partial charge in [0.15, 0.2) is 0 Å². The van der Waals surface area contributed by atoms with E-state index in [4.69, 9.17) is 0 Å². The number of carbonyl (C=O) groups is 2. The van der Waals surface area contributed by atoms with Gasteiger partial charge in [-0.05, 0) is 36.4 Å². The molecular weight excluding hydrogens is 297 g/mol. The van der Waals surface area contributed by atoms with E-state index < -0.39 is 17.6 Å². The van der Waals surface area contributed by atoms with Gasteiger partial charge in [0.05, 0.1) is 11.2 Å². The maximum Gasteiger partial charge on any atom is 0.314 e. The van der Waals surface area contributed by atoms with Gasteiger partial charge in [-0.1, -0.05) is 18.2 Å². The lowest BCUT2D eigenvalue weighted by Crippen LogP contribution is -2.29. The van der Waals surface area contributed by atoms with Crippen molar-refractivity contribution in [2.24, 2.45) is 0 Å². The zero-order valence-electron chi connectivity index (χ0n) is 11.9. The van der Waals surface area contributed by atoms with Gasteiger partial charge >= 0.3 is 11.8 Å². The highest BCUT2D eigenvalue weighted by molar-refractivity contribution is 6.44. The number of nitrogens with zero attached hydrogens (tertiary/aromatic N) is 1. The Labute approximate surface area is 131 Å².